The van der Waals surface area contributed by atoms with Crippen molar-refractivity contribution < 1.29 is 4.40 Å². The fourth-order valence-electron chi connectivity index (χ4n) is 3.49. The molecule has 134 valence electrons. The largest absolute Gasteiger partial charge is 0.369 e. The standard InChI is InChI=1S/C19H21N5O2/c1-4-5-10-23-14(13-9-7-6-8-12(13)2)11-24-15-16(20-18(23)24)22(3)19(26)21-17(15)25/h6-9,11H,4-5,10H2,1-3H3,(H,21,25,26)/p+1. The highest BCUT2D eigenvalue weighted by Crippen LogP contribution is 2.25. The van der Waals surface area contributed by atoms with E-state index in [0.29, 0.717) is 11.2 Å². The zero-order chi connectivity index (χ0) is 18.4. The third-order valence-corrected chi connectivity index (χ3v) is 4.95. The average molecular weight is 352 g/mol. The molecule has 0 saturated carbocycles. The number of imidazole rings is 2. The first-order valence-electron chi connectivity index (χ1n) is 8.84. The number of unbranched alkanes of at least 4 members (excludes halogenated alkanes) is 1. The molecule has 7 nitrogen and oxygen atoms in total. The molecule has 0 saturated heterocycles. The molecule has 0 bridgehead atoms. The molecule has 7 heteroatoms. The number of H-pyrrole nitrogens is 2. The number of hydrogen-bond acceptors (Lipinski definition) is 2. The summed E-state index contributed by atoms with van der Waals surface area (Å²) < 4.78 is 5.47. The van der Waals surface area contributed by atoms with Crippen molar-refractivity contribution in [3.05, 3.63) is 56.9 Å². The van der Waals surface area contributed by atoms with Crippen LogP contribution in [-0.2, 0) is 13.6 Å². The molecule has 3 aromatic heterocycles. The second-order valence-electron chi connectivity index (χ2n) is 6.67. The van der Waals surface area contributed by atoms with Crippen LogP contribution in [0, 0.1) is 6.92 Å². The third kappa shape index (κ3) is 2.31. The summed E-state index contributed by atoms with van der Waals surface area (Å²) in [7, 11) is 1.65. The van der Waals surface area contributed by atoms with Crippen LogP contribution < -0.4 is 15.6 Å². The fourth-order valence-corrected chi connectivity index (χ4v) is 3.49. The minimum atomic E-state index is -0.425. The van der Waals surface area contributed by atoms with Crippen LogP contribution in [0.3, 0.4) is 0 Å². The molecule has 0 aliphatic carbocycles. The summed E-state index contributed by atoms with van der Waals surface area (Å²) in [4.78, 5) is 30.0. The molecule has 0 aliphatic rings. The van der Waals surface area contributed by atoms with Gasteiger partial charge >= 0.3 is 11.5 Å². The maximum atomic E-state index is 12.4. The van der Waals surface area contributed by atoms with Crippen molar-refractivity contribution in [2.24, 2.45) is 7.05 Å². The second-order valence-corrected chi connectivity index (χ2v) is 6.67. The summed E-state index contributed by atoms with van der Waals surface area (Å²) in [5.41, 5.74) is 3.53. The first-order valence-corrected chi connectivity index (χ1v) is 8.84. The number of aromatic nitrogens is 5. The fraction of sp³-hybridized carbons (Fsp3) is 0.316. The molecular formula is C19H22N5O2+. The molecular weight excluding hydrogens is 330 g/mol. The number of nitrogens with zero attached hydrogens (tertiary/aromatic N) is 3. The monoisotopic (exact) mass is 352 g/mol. The number of nitrogens with one attached hydrogen (secondary N) is 2. The van der Waals surface area contributed by atoms with E-state index in [9.17, 15) is 9.59 Å². The van der Waals surface area contributed by atoms with Gasteiger partial charge < -0.3 is 0 Å². The zero-order valence-electron chi connectivity index (χ0n) is 15.2. The number of fused-ring (bicyclic) bond motifs is 3. The molecule has 2 N–H and O–H groups in total. The molecule has 0 aliphatic heterocycles. The molecule has 4 aromatic rings. The lowest BCUT2D eigenvalue weighted by Crippen LogP contribution is -2.33. The maximum Gasteiger partial charge on any atom is 0.369 e. The van der Waals surface area contributed by atoms with Gasteiger partial charge in [0, 0.05) is 12.6 Å². The Hall–Kier alpha value is -3.09. The number of benzene rings is 1. The van der Waals surface area contributed by atoms with Gasteiger partial charge in [-0.3, -0.25) is 14.3 Å². The van der Waals surface area contributed by atoms with Crippen LogP contribution in [0.4, 0.5) is 0 Å². The molecule has 0 atom stereocenters. The van der Waals surface area contributed by atoms with Gasteiger partial charge in [-0.25, -0.2) is 14.3 Å². The summed E-state index contributed by atoms with van der Waals surface area (Å²) in [5.74, 6) is 0.804. The summed E-state index contributed by atoms with van der Waals surface area (Å²) in [6.07, 6.45) is 4.07. The number of hydrogen-bond donors (Lipinski definition) is 2. The Labute approximate surface area is 149 Å². The van der Waals surface area contributed by atoms with Crippen molar-refractivity contribution in [2.45, 2.75) is 33.2 Å². The van der Waals surface area contributed by atoms with Crippen molar-refractivity contribution in [2.75, 3.05) is 0 Å². The Morgan fingerprint density at radius 3 is 2.65 bits per heavy atom. The van der Waals surface area contributed by atoms with Crippen molar-refractivity contribution in [1.29, 1.82) is 0 Å². The molecule has 0 unspecified atom stereocenters. The predicted octanol–water partition coefficient (Wildman–Crippen LogP) is 1.87. The molecule has 3 heterocycles. The minimum absolute atomic E-state index is 0.386. The van der Waals surface area contributed by atoms with Gasteiger partial charge in [-0.1, -0.05) is 37.6 Å². The first-order chi connectivity index (χ1) is 12.5. The highest BCUT2D eigenvalue weighted by Gasteiger charge is 2.25. The lowest BCUT2D eigenvalue weighted by molar-refractivity contribution is -0.480. The van der Waals surface area contributed by atoms with Gasteiger partial charge in [-0.15, -0.1) is 0 Å². The Balaban J connectivity index is 2.11. The van der Waals surface area contributed by atoms with Crippen molar-refractivity contribution >= 4 is 16.9 Å². The van der Waals surface area contributed by atoms with Gasteiger partial charge in [0.15, 0.2) is 0 Å². The van der Waals surface area contributed by atoms with Crippen LogP contribution in [0.25, 0.3) is 28.2 Å². The Morgan fingerprint density at radius 1 is 1.15 bits per heavy atom. The average Bonchev–Trinajstić information content (AvgIpc) is 3.15. The van der Waals surface area contributed by atoms with E-state index >= 15 is 0 Å². The van der Waals surface area contributed by atoms with Crippen LogP contribution >= 0.6 is 0 Å². The second kappa shape index (κ2) is 6.01. The van der Waals surface area contributed by atoms with Gasteiger partial charge in [0.1, 0.15) is 11.9 Å². The number of aryl methyl sites for hydroxylation is 3. The van der Waals surface area contributed by atoms with Crippen molar-refractivity contribution in [1.82, 2.24) is 19.1 Å². The first kappa shape index (κ1) is 16.4. The third-order valence-electron chi connectivity index (χ3n) is 4.95. The summed E-state index contributed by atoms with van der Waals surface area (Å²) in [6.45, 7) is 5.07. The van der Waals surface area contributed by atoms with E-state index in [1.54, 1.807) is 7.05 Å². The Kier molecular flexibility index (Phi) is 3.79. The molecule has 0 amide bonds. The normalized spacial score (nSPS) is 11.7. The topological polar surface area (TPSA) is 79.7 Å². The van der Waals surface area contributed by atoms with Gasteiger partial charge in [-0.05, 0) is 18.9 Å². The molecule has 1 aromatic carbocycles. The van der Waals surface area contributed by atoms with Crippen LogP contribution in [0.2, 0.25) is 0 Å². The van der Waals surface area contributed by atoms with Crippen LogP contribution in [0.15, 0.2) is 40.1 Å². The van der Waals surface area contributed by atoms with Crippen molar-refractivity contribution in [3.8, 4) is 11.3 Å². The lowest BCUT2D eigenvalue weighted by atomic mass is 10.1. The smallest absolute Gasteiger partial charge is 0.271 e. The highest BCUT2D eigenvalue weighted by atomic mass is 16.2. The summed E-state index contributed by atoms with van der Waals surface area (Å²) in [6, 6.07) is 8.22. The van der Waals surface area contributed by atoms with Crippen LogP contribution in [0.5, 0.6) is 0 Å². The summed E-state index contributed by atoms with van der Waals surface area (Å²) in [5, 5.41) is 0. The van der Waals surface area contributed by atoms with Crippen LogP contribution in [0.1, 0.15) is 25.3 Å². The SMILES string of the molecule is CCCCn1c(-c2ccccc2C)c[n+]2c3c(=O)[nH]c(=O)n(C)c3[nH]c12. The summed E-state index contributed by atoms with van der Waals surface area (Å²) >= 11 is 0. The zero-order valence-corrected chi connectivity index (χ0v) is 15.2. The number of rotatable bonds is 4. The van der Waals surface area contributed by atoms with E-state index < -0.39 is 5.69 Å². The Bertz CT molecular complexity index is 1240. The molecule has 0 fully saturated rings. The van der Waals surface area contributed by atoms with Gasteiger partial charge in [0.05, 0.1) is 6.54 Å². The van der Waals surface area contributed by atoms with Crippen LogP contribution in [-0.4, -0.2) is 19.1 Å². The molecule has 4 rings (SSSR count). The molecule has 26 heavy (non-hydrogen) atoms. The van der Waals surface area contributed by atoms with Gasteiger partial charge in [0.25, 0.3) is 5.56 Å². The van der Waals surface area contributed by atoms with Crippen molar-refractivity contribution in [3.63, 3.8) is 0 Å². The van der Waals surface area contributed by atoms with E-state index in [1.807, 2.05) is 22.7 Å². The van der Waals surface area contributed by atoms with Gasteiger partial charge in [-0.2, -0.15) is 4.40 Å². The quantitative estimate of drug-likeness (QED) is 0.550. The highest BCUT2D eigenvalue weighted by molar-refractivity contribution is 5.71. The molecule has 0 spiro atoms. The maximum absolute atomic E-state index is 12.4. The van der Waals surface area contributed by atoms with E-state index in [1.165, 1.54) is 10.1 Å². The number of aromatic amines is 2. The van der Waals surface area contributed by atoms with E-state index in [4.69, 9.17) is 0 Å². The predicted molar refractivity (Wildman–Crippen MR) is 100 cm³/mol. The molecule has 0 radical (unpaired) electrons. The van der Waals surface area contributed by atoms with E-state index in [-0.39, 0.29) is 5.56 Å². The van der Waals surface area contributed by atoms with E-state index in [2.05, 4.69) is 40.5 Å². The van der Waals surface area contributed by atoms with E-state index in [0.717, 1.165) is 36.4 Å². The Morgan fingerprint density at radius 2 is 1.92 bits per heavy atom. The lowest BCUT2D eigenvalue weighted by Gasteiger charge is -2.06. The van der Waals surface area contributed by atoms with Gasteiger partial charge in [0.2, 0.25) is 11.2 Å². The minimum Gasteiger partial charge on any atom is -0.271 e.